The van der Waals surface area contributed by atoms with Gasteiger partial charge in [-0.1, -0.05) is 30.0 Å². The normalized spacial score (nSPS) is 14.0. The Morgan fingerprint density at radius 1 is 1.18 bits per heavy atom. The van der Waals surface area contributed by atoms with E-state index >= 15 is 0 Å². The third-order valence-electron chi connectivity index (χ3n) is 5.26. The van der Waals surface area contributed by atoms with Crippen molar-refractivity contribution in [3.8, 4) is 0 Å². The van der Waals surface area contributed by atoms with E-state index in [2.05, 4.69) is 20.2 Å². The summed E-state index contributed by atoms with van der Waals surface area (Å²) in [6, 6.07) is 10.6. The van der Waals surface area contributed by atoms with E-state index in [9.17, 15) is 27.2 Å². The number of nitrogens with one attached hydrogen (secondary N) is 2. The number of amides is 1. The van der Waals surface area contributed by atoms with E-state index in [0.29, 0.717) is 37.3 Å². The largest absolute Gasteiger partial charge is 0.416 e. The van der Waals surface area contributed by atoms with Crippen molar-refractivity contribution in [2.75, 3.05) is 17.6 Å². The van der Waals surface area contributed by atoms with Gasteiger partial charge in [-0.15, -0.1) is 0 Å². The van der Waals surface area contributed by atoms with E-state index in [-0.39, 0.29) is 28.0 Å². The second kappa shape index (κ2) is 9.98. The van der Waals surface area contributed by atoms with Gasteiger partial charge in [-0.25, -0.2) is 9.37 Å². The Balaban J connectivity index is 1.36. The molecule has 1 aromatic heterocycles. The van der Waals surface area contributed by atoms with Gasteiger partial charge >= 0.3 is 6.18 Å². The number of thioether (sulfide) groups is 1. The molecule has 0 saturated heterocycles. The SMILES string of the molecule is O=C(CSc1nc2c(c(=O)[nH]1)CN(Cc1ccc(F)cc1)CC2)Nc1cccc(C(F)(F)F)c1. The number of alkyl halides is 3. The van der Waals surface area contributed by atoms with Crippen LogP contribution in [-0.4, -0.2) is 33.1 Å². The predicted molar refractivity (Wildman–Crippen MR) is 120 cm³/mol. The molecule has 34 heavy (non-hydrogen) atoms. The summed E-state index contributed by atoms with van der Waals surface area (Å²) in [6.07, 6.45) is -3.96. The second-order valence-electron chi connectivity index (χ2n) is 7.80. The molecular weight excluding hydrogens is 472 g/mol. The predicted octanol–water partition coefficient (Wildman–Crippen LogP) is 4.22. The number of nitrogens with zero attached hydrogens (tertiary/aromatic N) is 2. The number of fused-ring (bicyclic) bond motifs is 1. The number of aromatic amines is 1. The molecule has 0 fully saturated rings. The standard InChI is InChI=1S/C23H20F4N4O2S/c24-16-6-4-14(5-7-16)11-31-9-8-19-18(12-31)21(33)30-22(29-19)34-13-20(32)28-17-3-1-2-15(10-17)23(25,26)27/h1-7,10H,8-9,11-13H2,(H,28,32)(H,29,30,33). The van der Waals surface area contributed by atoms with Crippen LogP contribution in [0.4, 0.5) is 23.2 Å². The van der Waals surface area contributed by atoms with Crippen molar-refractivity contribution in [2.24, 2.45) is 0 Å². The number of anilines is 1. The monoisotopic (exact) mass is 492 g/mol. The molecule has 0 atom stereocenters. The number of H-pyrrole nitrogens is 1. The number of hydrogen-bond acceptors (Lipinski definition) is 5. The number of benzene rings is 2. The second-order valence-corrected chi connectivity index (χ2v) is 8.76. The molecule has 178 valence electrons. The number of hydrogen-bond donors (Lipinski definition) is 2. The zero-order valence-electron chi connectivity index (χ0n) is 17.8. The molecule has 0 saturated carbocycles. The van der Waals surface area contributed by atoms with Gasteiger partial charge in [-0.2, -0.15) is 13.2 Å². The zero-order chi connectivity index (χ0) is 24.3. The molecular formula is C23H20F4N4O2S. The van der Waals surface area contributed by atoms with E-state index in [4.69, 9.17) is 0 Å². The van der Waals surface area contributed by atoms with E-state index in [0.717, 1.165) is 29.5 Å². The van der Waals surface area contributed by atoms with Crippen LogP contribution in [0.2, 0.25) is 0 Å². The lowest BCUT2D eigenvalue weighted by Crippen LogP contribution is -2.35. The molecule has 1 aliphatic rings. The van der Waals surface area contributed by atoms with Crippen LogP contribution < -0.4 is 10.9 Å². The highest BCUT2D eigenvalue weighted by molar-refractivity contribution is 7.99. The van der Waals surface area contributed by atoms with E-state index in [1.807, 2.05) is 0 Å². The Morgan fingerprint density at radius 2 is 1.94 bits per heavy atom. The summed E-state index contributed by atoms with van der Waals surface area (Å²) in [4.78, 5) is 34.0. The van der Waals surface area contributed by atoms with Crippen LogP contribution in [0.1, 0.15) is 22.4 Å². The molecule has 4 rings (SSSR count). The van der Waals surface area contributed by atoms with Crippen molar-refractivity contribution in [2.45, 2.75) is 30.8 Å². The maximum atomic E-state index is 13.1. The molecule has 0 bridgehead atoms. The Labute approximate surface area is 196 Å². The molecule has 2 N–H and O–H groups in total. The number of carbonyl (C=O) groups is 1. The topological polar surface area (TPSA) is 78.1 Å². The average molecular weight is 492 g/mol. The molecule has 0 aliphatic carbocycles. The molecule has 0 radical (unpaired) electrons. The van der Waals surface area contributed by atoms with Gasteiger partial charge in [0.25, 0.3) is 5.56 Å². The Kier molecular flexibility index (Phi) is 7.03. The van der Waals surface area contributed by atoms with Crippen molar-refractivity contribution in [3.05, 3.63) is 87.1 Å². The molecule has 1 amide bonds. The molecule has 3 aromatic rings. The summed E-state index contributed by atoms with van der Waals surface area (Å²) in [5.41, 5.74) is 1.02. The zero-order valence-corrected chi connectivity index (χ0v) is 18.6. The first-order valence-corrected chi connectivity index (χ1v) is 11.3. The summed E-state index contributed by atoms with van der Waals surface area (Å²) in [6.45, 7) is 1.64. The van der Waals surface area contributed by atoms with Gasteiger partial charge in [0, 0.05) is 31.7 Å². The molecule has 2 heterocycles. The molecule has 0 spiro atoms. The van der Waals surface area contributed by atoms with Crippen molar-refractivity contribution in [1.29, 1.82) is 0 Å². The third kappa shape index (κ3) is 6.03. The first-order valence-electron chi connectivity index (χ1n) is 10.4. The molecule has 6 nitrogen and oxygen atoms in total. The lowest BCUT2D eigenvalue weighted by Gasteiger charge is -2.27. The van der Waals surface area contributed by atoms with E-state index < -0.39 is 17.6 Å². The van der Waals surface area contributed by atoms with Crippen molar-refractivity contribution >= 4 is 23.4 Å². The fourth-order valence-electron chi connectivity index (χ4n) is 3.61. The molecule has 1 aliphatic heterocycles. The van der Waals surface area contributed by atoms with Crippen LogP contribution in [0.25, 0.3) is 0 Å². The Hall–Kier alpha value is -3.18. The summed E-state index contributed by atoms with van der Waals surface area (Å²) in [5.74, 6) is -0.952. The van der Waals surface area contributed by atoms with Gasteiger partial charge < -0.3 is 10.3 Å². The lowest BCUT2D eigenvalue weighted by atomic mass is 10.1. The number of halogens is 4. The number of rotatable bonds is 6. The van der Waals surface area contributed by atoms with Gasteiger partial charge in [0.15, 0.2) is 5.16 Å². The summed E-state index contributed by atoms with van der Waals surface area (Å²) in [7, 11) is 0. The Bertz CT molecular complexity index is 1240. The fourth-order valence-corrected chi connectivity index (χ4v) is 4.29. The van der Waals surface area contributed by atoms with Crippen LogP contribution >= 0.6 is 11.8 Å². The minimum Gasteiger partial charge on any atom is -0.325 e. The highest BCUT2D eigenvalue weighted by atomic mass is 32.2. The van der Waals surface area contributed by atoms with E-state index in [1.165, 1.54) is 24.3 Å². The summed E-state index contributed by atoms with van der Waals surface area (Å²) in [5, 5.41) is 2.70. The fraction of sp³-hybridized carbons (Fsp3) is 0.261. The first-order chi connectivity index (χ1) is 16.2. The van der Waals surface area contributed by atoms with Crippen LogP contribution in [-0.2, 0) is 30.5 Å². The highest BCUT2D eigenvalue weighted by Gasteiger charge is 2.30. The third-order valence-corrected chi connectivity index (χ3v) is 6.13. The molecule has 11 heteroatoms. The van der Waals surface area contributed by atoms with Gasteiger partial charge in [-0.05, 0) is 35.9 Å². The van der Waals surface area contributed by atoms with Crippen LogP contribution in [0.5, 0.6) is 0 Å². The van der Waals surface area contributed by atoms with Crippen LogP contribution in [0.15, 0.2) is 58.5 Å². The van der Waals surface area contributed by atoms with Crippen molar-refractivity contribution in [3.63, 3.8) is 0 Å². The van der Waals surface area contributed by atoms with E-state index in [1.54, 1.807) is 12.1 Å². The minimum absolute atomic E-state index is 0.0357. The summed E-state index contributed by atoms with van der Waals surface area (Å²) >= 11 is 0.999. The van der Waals surface area contributed by atoms with Gasteiger partial charge in [0.2, 0.25) is 5.91 Å². The van der Waals surface area contributed by atoms with Crippen LogP contribution in [0, 0.1) is 5.82 Å². The number of carbonyl (C=O) groups excluding carboxylic acids is 1. The van der Waals surface area contributed by atoms with Crippen molar-refractivity contribution in [1.82, 2.24) is 14.9 Å². The molecule has 2 aromatic carbocycles. The maximum absolute atomic E-state index is 13.1. The quantitative estimate of drug-likeness (QED) is 0.306. The Morgan fingerprint density at radius 3 is 2.68 bits per heavy atom. The highest BCUT2D eigenvalue weighted by Crippen LogP contribution is 2.30. The summed E-state index contributed by atoms with van der Waals surface area (Å²) < 4.78 is 51.6. The average Bonchev–Trinajstić information content (AvgIpc) is 2.79. The number of aromatic nitrogens is 2. The van der Waals surface area contributed by atoms with Gasteiger partial charge in [0.05, 0.1) is 22.6 Å². The smallest absolute Gasteiger partial charge is 0.325 e. The minimum atomic E-state index is -4.50. The van der Waals surface area contributed by atoms with Crippen LogP contribution in [0.3, 0.4) is 0 Å². The molecule has 0 unspecified atom stereocenters. The lowest BCUT2D eigenvalue weighted by molar-refractivity contribution is -0.137. The van der Waals surface area contributed by atoms with Crippen molar-refractivity contribution < 1.29 is 22.4 Å². The van der Waals surface area contributed by atoms with Gasteiger partial charge in [-0.3, -0.25) is 14.5 Å². The van der Waals surface area contributed by atoms with Gasteiger partial charge in [0.1, 0.15) is 5.82 Å². The maximum Gasteiger partial charge on any atom is 0.416 e. The first kappa shape index (κ1) is 24.0.